The number of benzene rings is 2. The number of thioether (sulfide) groups is 1. The molecule has 0 saturated carbocycles. The van der Waals surface area contributed by atoms with Crippen molar-refractivity contribution in [2.24, 2.45) is 0 Å². The third-order valence-electron chi connectivity index (χ3n) is 9.24. The number of rotatable bonds is 13. The van der Waals surface area contributed by atoms with Crippen molar-refractivity contribution in [2.75, 3.05) is 67.7 Å². The number of carbonyl (C=O) groups excluding carboxylic acids is 2. The minimum absolute atomic E-state index is 0.0363. The molecule has 1 aliphatic carbocycles. The van der Waals surface area contributed by atoms with Gasteiger partial charge in [-0.15, -0.1) is 0 Å². The van der Waals surface area contributed by atoms with Gasteiger partial charge in [0.1, 0.15) is 11.8 Å². The molecule has 1 aliphatic heterocycles. The number of sulfonamides is 1. The first-order chi connectivity index (χ1) is 25.0. The second kappa shape index (κ2) is 16.8. The highest BCUT2D eigenvalue weighted by Gasteiger charge is 2.31. The van der Waals surface area contributed by atoms with Crippen molar-refractivity contribution < 1.29 is 37.0 Å². The molecule has 2 aliphatic rings. The van der Waals surface area contributed by atoms with E-state index in [0.717, 1.165) is 5.56 Å². The van der Waals surface area contributed by atoms with Crippen LogP contribution in [0.5, 0.6) is 23.0 Å². The highest BCUT2D eigenvalue weighted by atomic mass is 32.2. The van der Waals surface area contributed by atoms with Gasteiger partial charge >= 0.3 is 0 Å². The zero-order chi connectivity index (χ0) is 37.6. The van der Waals surface area contributed by atoms with Gasteiger partial charge in [-0.2, -0.15) is 11.8 Å². The third kappa shape index (κ3) is 8.20. The number of aryl methyl sites for hydroxylation is 1. The quantitative estimate of drug-likeness (QED) is 0.216. The van der Waals surface area contributed by atoms with E-state index in [1.165, 1.54) is 38.6 Å². The molecule has 5 rings (SSSR count). The molecule has 3 N–H and O–H groups in total. The Balaban J connectivity index is 1.54. The molecule has 1 fully saturated rings. The summed E-state index contributed by atoms with van der Waals surface area (Å²) in [7, 11) is 2.54. The number of hydrogen-bond donors (Lipinski definition) is 3. The number of hydrogen-bond acceptors (Lipinski definition) is 11. The number of amides is 2. The molecule has 0 spiro atoms. The van der Waals surface area contributed by atoms with E-state index in [1.807, 2.05) is 12.3 Å². The predicted octanol–water partition coefficient (Wildman–Crippen LogP) is 4.97. The maximum absolute atomic E-state index is 14.0. The van der Waals surface area contributed by atoms with Gasteiger partial charge in [-0.05, 0) is 97.2 Å². The second-order valence-corrected chi connectivity index (χ2v) is 15.5. The topological polar surface area (TPSA) is 162 Å². The monoisotopic (exact) mass is 754 g/mol. The van der Waals surface area contributed by atoms with Crippen LogP contribution in [0.2, 0.25) is 0 Å². The van der Waals surface area contributed by atoms with Crippen molar-refractivity contribution in [2.45, 2.75) is 51.1 Å². The molecule has 3 aromatic rings. The lowest BCUT2D eigenvalue weighted by Crippen LogP contribution is -2.38. The lowest BCUT2D eigenvalue weighted by molar-refractivity contribution is -0.120. The smallest absolute Gasteiger partial charge is 0.246 e. The van der Waals surface area contributed by atoms with Crippen molar-refractivity contribution in [3.8, 4) is 34.1 Å². The number of methoxy groups -OCH3 is 4. The fourth-order valence-electron chi connectivity index (χ4n) is 6.77. The van der Waals surface area contributed by atoms with Gasteiger partial charge in [0.05, 0.1) is 51.6 Å². The van der Waals surface area contributed by atoms with Crippen molar-refractivity contribution in [3.63, 3.8) is 0 Å². The van der Waals surface area contributed by atoms with Crippen LogP contribution < -0.4 is 44.6 Å². The van der Waals surface area contributed by atoms with Crippen LogP contribution in [0, 0.1) is 0 Å². The van der Waals surface area contributed by atoms with Crippen LogP contribution in [0.4, 0.5) is 17.1 Å². The van der Waals surface area contributed by atoms with Gasteiger partial charge in [-0.3, -0.25) is 18.7 Å². The molecule has 0 aromatic heterocycles. The van der Waals surface area contributed by atoms with E-state index in [-0.39, 0.29) is 22.8 Å². The van der Waals surface area contributed by atoms with Crippen molar-refractivity contribution in [1.29, 1.82) is 0 Å². The van der Waals surface area contributed by atoms with Crippen LogP contribution in [-0.2, 0) is 26.0 Å². The molecule has 0 bridgehead atoms. The van der Waals surface area contributed by atoms with E-state index in [0.29, 0.717) is 95.5 Å². The molecule has 13 nitrogen and oxygen atoms in total. The molecule has 280 valence electrons. The lowest BCUT2D eigenvalue weighted by Gasteiger charge is -2.29. The number of carbonyl (C=O) groups is 2. The molecule has 2 atom stereocenters. The summed E-state index contributed by atoms with van der Waals surface area (Å²) in [6.07, 6.45) is 4.67. The molecule has 2 amide bonds. The maximum Gasteiger partial charge on any atom is 0.246 e. The summed E-state index contributed by atoms with van der Waals surface area (Å²) < 4.78 is 49.8. The molecule has 15 heteroatoms. The van der Waals surface area contributed by atoms with Gasteiger partial charge in [0.25, 0.3) is 0 Å². The van der Waals surface area contributed by atoms with Crippen molar-refractivity contribution >= 4 is 50.7 Å². The second-order valence-electron chi connectivity index (χ2n) is 12.5. The van der Waals surface area contributed by atoms with Crippen molar-refractivity contribution in [1.82, 2.24) is 5.32 Å². The van der Waals surface area contributed by atoms with Crippen LogP contribution in [0.25, 0.3) is 11.1 Å². The van der Waals surface area contributed by atoms with Crippen LogP contribution in [0.3, 0.4) is 0 Å². The summed E-state index contributed by atoms with van der Waals surface area (Å²) in [6, 6.07) is 10.4. The van der Waals surface area contributed by atoms with Crippen LogP contribution in [-0.4, -0.2) is 79.0 Å². The van der Waals surface area contributed by atoms with Gasteiger partial charge < -0.3 is 34.9 Å². The van der Waals surface area contributed by atoms with Crippen molar-refractivity contribution in [3.05, 3.63) is 63.8 Å². The summed E-state index contributed by atoms with van der Waals surface area (Å²) in [5.74, 6) is 1.71. The Morgan fingerprint density at radius 3 is 2.37 bits per heavy atom. The number of fused-ring (bicyclic) bond motifs is 3. The molecule has 1 heterocycles. The van der Waals surface area contributed by atoms with E-state index in [4.69, 9.17) is 18.9 Å². The van der Waals surface area contributed by atoms with Crippen LogP contribution in [0.15, 0.2) is 47.3 Å². The molecule has 1 saturated heterocycles. The summed E-state index contributed by atoms with van der Waals surface area (Å²) in [4.78, 5) is 40.3. The minimum Gasteiger partial charge on any atom is -0.495 e. The summed E-state index contributed by atoms with van der Waals surface area (Å²) in [5.41, 5.74) is 3.42. The first kappa shape index (κ1) is 38.6. The first-order valence-electron chi connectivity index (χ1n) is 17.0. The number of nitrogens with one attached hydrogen (secondary N) is 3. The Hall–Kier alpha value is -4.63. The maximum atomic E-state index is 14.0. The standard InChI is InChI=1S/C37H46N4O9S2/c1-22(42)38-27-12-9-23-19-33(48-3)35(49-4)36(50-5)34(23)25-11-13-28(31(43)21-26(25)27)40-29(15-17-51-6)37(44)39-24-10-14-32(47-2)30(20-24)41-16-7-8-18-52(41,45)46/h10-11,13-14,19-21,27,29H,7-9,12,15-18H2,1-6H3,(H,38,42)(H,39,44)(H,40,43)/t27-,29-/m1/s1. The number of nitrogens with zero attached hydrogens (tertiary/aromatic N) is 1. The highest BCUT2D eigenvalue weighted by molar-refractivity contribution is 7.98. The van der Waals surface area contributed by atoms with Gasteiger partial charge in [-0.25, -0.2) is 8.42 Å². The lowest BCUT2D eigenvalue weighted by atomic mass is 9.95. The zero-order valence-electron chi connectivity index (χ0n) is 30.3. The highest BCUT2D eigenvalue weighted by Crippen LogP contribution is 2.50. The molecule has 0 unspecified atom stereocenters. The summed E-state index contributed by atoms with van der Waals surface area (Å²) >= 11 is 1.56. The SMILES string of the molecule is COc1ccc(NC(=O)[C@@H](CCSC)Nc2ccc3c(cc2=O)[C@H](NC(C)=O)CCc2cc(OC)c(OC)c(OC)c2-3)cc1N1CCCCS1(=O)=O. The summed E-state index contributed by atoms with van der Waals surface area (Å²) in [6.45, 7) is 1.75. The molecular weight excluding hydrogens is 709 g/mol. The fraction of sp³-hybridized carbons (Fsp3) is 0.432. The Morgan fingerprint density at radius 2 is 1.71 bits per heavy atom. The van der Waals surface area contributed by atoms with E-state index >= 15 is 0 Å². The average Bonchev–Trinajstić information content (AvgIpc) is 3.36. The third-order valence-corrected chi connectivity index (χ3v) is 11.7. The van der Waals surface area contributed by atoms with Crippen LogP contribution >= 0.6 is 11.8 Å². The molecular formula is C37H46N4O9S2. The Bertz CT molecular complexity index is 1990. The van der Waals surface area contributed by atoms with E-state index in [2.05, 4.69) is 16.0 Å². The molecule has 0 radical (unpaired) electrons. The van der Waals surface area contributed by atoms with Gasteiger partial charge in [0.2, 0.25) is 33.0 Å². The van der Waals surface area contributed by atoms with Gasteiger partial charge in [0.15, 0.2) is 11.5 Å². The van der Waals surface area contributed by atoms with Gasteiger partial charge in [0, 0.05) is 24.7 Å². The average molecular weight is 755 g/mol. The van der Waals surface area contributed by atoms with E-state index in [9.17, 15) is 22.8 Å². The first-order valence-corrected chi connectivity index (χ1v) is 20.0. The Kier molecular flexibility index (Phi) is 12.5. The van der Waals surface area contributed by atoms with Gasteiger partial charge in [-0.1, -0.05) is 6.07 Å². The molecule has 52 heavy (non-hydrogen) atoms. The number of anilines is 3. The van der Waals surface area contributed by atoms with E-state index < -0.39 is 28.0 Å². The normalized spacial score (nSPS) is 16.7. The largest absolute Gasteiger partial charge is 0.495 e. The Labute approximate surface area is 308 Å². The minimum atomic E-state index is -3.54. The zero-order valence-corrected chi connectivity index (χ0v) is 31.9. The van der Waals surface area contributed by atoms with Crippen LogP contribution in [0.1, 0.15) is 49.8 Å². The van der Waals surface area contributed by atoms with E-state index in [1.54, 1.807) is 49.2 Å². The molecule has 3 aromatic carbocycles. The summed E-state index contributed by atoms with van der Waals surface area (Å²) in [5, 5.41) is 9.12. The Morgan fingerprint density at radius 1 is 0.962 bits per heavy atom. The fourth-order valence-corrected chi connectivity index (χ4v) is 8.88. The predicted molar refractivity (Wildman–Crippen MR) is 205 cm³/mol. The number of ether oxygens (including phenoxy) is 4.